The van der Waals surface area contributed by atoms with Crippen LogP contribution >= 0.6 is 0 Å². The van der Waals surface area contributed by atoms with Crippen LogP contribution in [0.15, 0.2) is 23.3 Å². The number of nitrogens with one attached hydrogen (secondary N) is 2. The lowest BCUT2D eigenvalue weighted by Gasteiger charge is -2.37. The van der Waals surface area contributed by atoms with Gasteiger partial charge in [-0.05, 0) is 31.4 Å². The van der Waals surface area contributed by atoms with Gasteiger partial charge in [0.2, 0.25) is 0 Å². The summed E-state index contributed by atoms with van der Waals surface area (Å²) in [7, 11) is 1.82. The maximum Gasteiger partial charge on any atom is 0.191 e. The van der Waals surface area contributed by atoms with Crippen molar-refractivity contribution in [2.24, 2.45) is 10.9 Å². The third kappa shape index (κ3) is 6.63. The second-order valence-corrected chi connectivity index (χ2v) is 7.46. The van der Waals surface area contributed by atoms with E-state index in [1.54, 1.807) is 0 Å². The highest BCUT2D eigenvalue weighted by molar-refractivity contribution is 5.79. The number of nitrogens with zero attached hydrogens (tertiary/aromatic N) is 4. The molecule has 28 heavy (non-hydrogen) atoms. The van der Waals surface area contributed by atoms with Crippen molar-refractivity contribution in [3.63, 3.8) is 0 Å². The average Bonchev–Trinajstić information content (AvgIpc) is 2.73. The minimum atomic E-state index is 0.470. The van der Waals surface area contributed by atoms with Gasteiger partial charge in [0.05, 0.1) is 13.2 Å². The van der Waals surface area contributed by atoms with E-state index in [0.29, 0.717) is 18.5 Å². The number of morpholine rings is 1. The molecule has 0 spiro atoms. The topological polar surface area (TPSA) is 65.0 Å². The van der Waals surface area contributed by atoms with E-state index in [0.717, 1.165) is 63.3 Å². The zero-order chi connectivity index (χ0) is 20.4. The second kappa shape index (κ2) is 11.9. The smallest absolute Gasteiger partial charge is 0.191 e. The molecule has 2 rings (SSSR count). The fourth-order valence-electron chi connectivity index (χ4n) is 3.56. The largest absolute Gasteiger partial charge is 0.379 e. The summed E-state index contributed by atoms with van der Waals surface area (Å²) in [6, 6.07) is 4.69. The second-order valence-electron chi connectivity index (χ2n) is 7.46. The van der Waals surface area contributed by atoms with E-state index in [1.165, 1.54) is 0 Å². The number of anilines is 1. The van der Waals surface area contributed by atoms with Crippen molar-refractivity contribution in [1.82, 2.24) is 20.5 Å². The molecule has 0 saturated carbocycles. The van der Waals surface area contributed by atoms with Gasteiger partial charge in [0.15, 0.2) is 5.96 Å². The molecule has 0 radical (unpaired) electrons. The third-order valence-electron chi connectivity index (χ3n) is 5.34. The van der Waals surface area contributed by atoms with E-state index in [9.17, 15) is 0 Å². The Morgan fingerprint density at radius 1 is 1.21 bits per heavy atom. The van der Waals surface area contributed by atoms with Crippen molar-refractivity contribution < 1.29 is 4.74 Å². The Balaban J connectivity index is 1.84. The molecule has 1 aromatic heterocycles. The van der Waals surface area contributed by atoms with E-state index in [4.69, 9.17) is 4.74 Å². The Morgan fingerprint density at radius 3 is 2.46 bits per heavy atom. The summed E-state index contributed by atoms with van der Waals surface area (Å²) in [5.41, 5.74) is 1.15. The van der Waals surface area contributed by atoms with Crippen LogP contribution in [-0.4, -0.2) is 74.9 Å². The van der Waals surface area contributed by atoms with Gasteiger partial charge in [-0.15, -0.1) is 0 Å². The fraction of sp³-hybridized carbons (Fsp3) is 0.714. The third-order valence-corrected chi connectivity index (χ3v) is 5.34. The number of hydrogen-bond acceptors (Lipinski definition) is 5. The van der Waals surface area contributed by atoms with Crippen LogP contribution in [0.2, 0.25) is 0 Å². The summed E-state index contributed by atoms with van der Waals surface area (Å²) in [5, 5.41) is 6.90. The van der Waals surface area contributed by atoms with Crippen LogP contribution in [0.1, 0.15) is 33.3 Å². The minimum Gasteiger partial charge on any atom is -0.379 e. The van der Waals surface area contributed by atoms with Crippen LogP contribution < -0.4 is 15.5 Å². The fourth-order valence-corrected chi connectivity index (χ4v) is 3.56. The standard InChI is InChI=1S/C21H38N6O/c1-6-26(7-2)20-9-8-18(14-23-20)15-24-21(22-5)25-16-19(17(3)4)27-10-12-28-13-11-27/h8-9,14,17,19H,6-7,10-13,15-16H2,1-5H3,(H2,22,24,25). The highest BCUT2D eigenvalue weighted by atomic mass is 16.5. The molecular weight excluding hydrogens is 352 g/mol. The summed E-state index contributed by atoms with van der Waals surface area (Å²) in [6.45, 7) is 16.0. The van der Waals surface area contributed by atoms with Crippen LogP contribution in [0.25, 0.3) is 0 Å². The molecule has 0 amide bonds. The van der Waals surface area contributed by atoms with Crippen molar-refractivity contribution in [1.29, 1.82) is 0 Å². The number of aromatic nitrogens is 1. The summed E-state index contributed by atoms with van der Waals surface area (Å²) in [6.07, 6.45) is 1.94. The predicted molar refractivity (Wildman–Crippen MR) is 117 cm³/mol. The van der Waals surface area contributed by atoms with Crippen LogP contribution in [0, 0.1) is 5.92 Å². The summed E-state index contributed by atoms with van der Waals surface area (Å²) in [5.74, 6) is 2.42. The Kier molecular flexibility index (Phi) is 9.50. The van der Waals surface area contributed by atoms with Crippen molar-refractivity contribution in [2.75, 3.05) is 57.9 Å². The van der Waals surface area contributed by atoms with Gasteiger partial charge >= 0.3 is 0 Å². The molecule has 1 fully saturated rings. The summed E-state index contributed by atoms with van der Waals surface area (Å²) >= 11 is 0. The quantitative estimate of drug-likeness (QED) is 0.496. The normalized spacial score (nSPS) is 16.9. The Hall–Kier alpha value is -1.86. The molecule has 0 aromatic carbocycles. The number of aliphatic imine (C=N–C) groups is 1. The van der Waals surface area contributed by atoms with Gasteiger partial charge in [-0.2, -0.15) is 0 Å². The highest BCUT2D eigenvalue weighted by Gasteiger charge is 2.23. The van der Waals surface area contributed by atoms with E-state index < -0.39 is 0 Å². The van der Waals surface area contributed by atoms with Gasteiger partial charge < -0.3 is 20.3 Å². The first kappa shape index (κ1) is 22.4. The van der Waals surface area contributed by atoms with Gasteiger partial charge in [0.25, 0.3) is 0 Å². The molecule has 158 valence electrons. The molecule has 1 aliphatic heterocycles. The van der Waals surface area contributed by atoms with E-state index in [1.807, 2.05) is 13.2 Å². The lowest BCUT2D eigenvalue weighted by molar-refractivity contribution is 0.00752. The lowest BCUT2D eigenvalue weighted by Crippen LogP contribution is -2.52. The predicted octanol–water partition coefficient (Wildman–Crippen LogP) is 1.95. The molecule has 1 unspecified atom stereocenters. The summed E-state index contributed by atoms with van der Waals surface area (Å²) < 4.78 is 5.49. The molecule has 7 nitrogen and oxygen atoms in total. The first-order chi connectivity index (χ1) is 13.6. The van der Waals surface area contributed by atoms with Crippen molar-refractivity contribution in [3.05, 3.63) is 23.9 Å². The molecule has 1 aromatic rings. The van der Waals surface area contributed by atoms with Gasteiger partial charge in [-0.25, -0.2) is 4.98 Å². The molecule has 0 bridgehead atoms. The maximum absolute atomic E-state index is 5.49. The van der Waals surface area contributed by atoms with Crippen LogP contribution in [0.4, 0.5) is 5.82 Å². The lowest BCUT2D eigenvalue weighted by atomic mass is 10.0. The molecule has 7 heteroatoms. The van der Waals surface area contributed by atoms with Gasteiger partial charge in [-0.3, -0.25) is 9.89 Å². The van der Waals surface area contributed by atoms with Gasteiger partial charge in [0.1, 0.15) is 5.82 Å². The van der Waals surface area contributed by atoms with Crippen LogP contribution in [-0.2, 0) is 11.3 Å². The summed E-state index contributed by atoms with van der Waals surface area (Å²) in [4.78, 5) is 13.7. The Morgan fingerprint density at radius 2 is 1.93 bits per heavy atom. The molecule has 2 heterocycles. The molecule has 0 aliphatic carbocycles. The Labute approximate surface area is 170 Å². The maximum atomic E-state index is 5.49. The molecule has 1 saturated heterocycles. The van der Waals surface area contributed by atoms with Gasteiger partial charge in [-0.1, -0.05) is 19.9 Å². The number of rotatable bonds is 9. The number of guanidine groups is 1. The van der Waals surface area contributed by atoms with Crippen molar-refractivity contribution >= 4 is 11.8 Å². The van der Waals surface area contributed by atoms with Crippen molar-refractivity contribution in [2.45, 2.75) is 40.3 Å². The zero-order valence-electron chi connectivity index (χ0n) is 18.2. The molecule has 2 N–H and O–H groups in total. The number of hydrogen-bond donors (Lipinski definition) is 2. The van der Waals surface area contributed by atoms with E-state index >= 15 is 0 Å². The van der Waals surface area contributed by atoms with Crippen LogP contribution in [0.5, 0.6) is 0 Å². The SMILES string of the molecule is CCN(CC)c1ccc(CNC(=NC)NCC(C(C)C)N2CCOCC2)cn1. The molecule has 1 atom stereocenters. The minimum absolute atomic E-state index is 0.470. The van der Waals surface area contributed by atoms with Gasteiger partial charge in [0, 0.05) is 58.6 Å². The highest BCUT2D eigenvalue weighted by Crippen LogP contribution is 2.13. The number of ether oxygens (including phenoxy) is 1. The average molecular weight is 391 g/mol. The molecule has 1 aliphatic rings. The van der Waals surface area contributed by atoms with Crippen LogP contribution in [0.3, 0.4) is 0 Å². The van der Waals surface area contributed by atoms with E-state index in [-0.39, 0.29) is 0 Å². The first-order valence-electron chi connectivity index (χ1n) is 10.5. The van der Waals surface area contributed by atoms with E-state index in [2.05, 4.69) is 70.2 Å². The zero-order valence-corrected chi connectivity index (χ0v) is 18.2. The number of pyridine rings is 1. The first-order valence-corrected chi connectivity index (χ1v) is 10.5. The monoisotopic (exact) mass is 390 g/mol. The molecular formula is C21H38N6O. The van der Waals surface area contributed by atoms with Crippen molar-refractivity contribution in [3.8, 4) is 0 Å². The Bertz CT molecular complexity index is 579.